The molecule has 1 amide bonds. The number of amides is 1. The van der Waals surface area contributed by atoms with Crippen LogP contribution in [-0.4, -0.2) is 28.8 Å². The zero-order chi connectivity index (χ0) is 21.7. The Balaban J connectivity index is 2.71. The first-order valence-electron chi connectivity index (χ1n) is 8.75. The molecule has 1 unspecified atom stereocenters. The molecule has 7 nitrogen and oxygen atoms in total. The minimum Gasteiger partial charge on any atom is -0.464 e. The van der Waals surface area contributed by atoms with E-state index in [-0.39, 0.29) is 23.1 Å². The van der Waals surface area contributed by atoms with E-state index < -0.39 is 29.9 Å². The fraction of sp³-hybridized carbons (Fsp3) is 0.300. The number of esters is 1. The zero-order valence-corrected chi connectivity index (χ0v) is 17.7. The number of hydrogen-bond donors (Lipinski definition) is 0. The van der Waals surface area contributed by atoms with Crippen LogP contribution < -0.4 is 10.5 Å². The number of ether oxygens (including phenoxy) is 1. The molecule has 0 aliphatic heterocycles. The van der Waals surface area contributed by atoms with Gasteiger partial charge in [-0.1, -0.05) is 35.3 Å². The number of ketones is 1. The average Bonchev–Trinajstić information content (AvgIpc) is 2.64. The Morgan fingerprint density at radius 2 is 1.79 bits per heavy atom. The quantitative estimate of drug-likeness (QED) is 0.488. The van der Waals surface area contributed by atoms with Gasteiger partial charge in [0.25, 0.3) is 5.56 Å². The van der Waals surface area contributed by atoms with Crippen LogP contribution in [0.2, 0.25) is 10.0 Å². The summed E-state index contributed by atoms with van der Waals surface area (Å²) in [6.07, 6.45) is 0.929. The van der Waals surface area contributed by atoms with Crippen LogP contribution in [0, 0.1) is 0 Å². The zero-order valence-electron chi connectivity index (χ0n) is 16.1. The van der Waals surface area contributed by atoms with Crippen molar-refractivity contribution in [1.29, 1.82) is 0 Å². The van der Waals surface area contributed by atoms with Gasteiger partial charge in [-0.3, -0.25) is 19.3 Å². The molecule has 9 heteroatoms. The van der Waals surface area contributed by atoms with Crippen LogP contribution in [0.5, 0.6) is 0 Å². The maximum Gasteiger partial charge on any atom is 0.333 e. The van der Waals surface area contributed by atoms with E-state index in [1.54, 1.807) is 31.2 Å². The molecule has 0 fully saturated rings. The predicted molar refractivity (Wildman–Crippen MR) is 110 cm³/mol. The highest BCUT2D eigenvalue weighted by Gasteiger charge is 2.34. The van der Waals surface area contributed by atoms with Crippen LogP contribution in [0.3, 0.4) is 0 Å². The number of nitrogens with zero attached hydrogens (tertiary/aromatic N) is 2. The monoisotopic (exact) mass is 438 g/mol. The van der Waals surface area contributed by atoms with Gasteiger partial charge in [-0.15, -0.1) is 0 Å². The summed E-state index contributed by atoms with van der Waals surface area (Å²) in [5.41, 5.74) is 0.139. The Kier molecular flexibility index (Phi) is 7.59. The lowest BCUT2D eigenvalue weighted by atomic mass is 10.0. The molecule has 154 valence electrons. The molecule has 0 N–H and O–H groups in total. The van der Waals surface area contributed by atoms with E-state index in [2.05, 4.69) is 0 Å². The first-order valence-corrected chi connectivity index (χ1v) is 9.51. The number of anilines is 1. The van der Waals surface area contributed by atoms with Gasteiger partial charge in [0.1, 0.15) is 10.8 Å². The van der Waals surface area contributed by atoms with E-state index in [9.17, 15) is 19.2 Å². The van der Waals surface area contributed by atoms with Crippen molar-refractivity contribution in [3.63, 3.8) is 0 Å². The highest BCUT2D eigenvalue weighted by molar-refractivity contribution is 6.31. The van der Waals surface area contributed by atoms with Gasteiger partial charge in [0.05, 0.1) is 18.7 Å². The molecule has 0 radical (unpaired) electrons. The first-order chi connectivity index (χ1) is 13.6. The lowest BCUT2D eigenvalue weighted by Crippen LogP contribution is -2.41. The van der Waals surface area contributed by atoms with Crippen LogP contribution >= 0.6 is 23.2 Å². The highest BCUT2D eigenvalue weighted by Crippen LogP contribution is 2.31. The van der Waals surface area contributed by atoms with E-state index in [0.29, 0.717) is 10.6 Å². The Morgan fingerprint density at radius 3 is 2.31 bits per heavy atom. The second-order valence-electron chi connectivity index (χ2n) is 6.31. The topological polar surface area (TPSA) is 85.7 Å². The third kappa shape index (κ3) is 5.46. The third-order valence-electron chi connectivity index (χ3n) is 4.03. The number of hydrogen-bond acceptors (Lipinski definition) is 5. The lowest BCUT2D eigenvalue weighted by molar-refractivity contribution is -0.146. The number of Topliss-reactive ketones (excluding diaryl/α,β-unsaturated/α-hetero) is 1. The summed E-state index contributed by atoms with van der Waals surface area (Å²) in [7, 11) is 1.47. The first kappa shape index (κ1) is 22.6. The van der Waals surface area contributed by atoms with Crippen LogP contribution in [-0.2, 0) is 26.2 Å². The standard InChI is InChI=1S/C20H20Cl2N2O5/c1-4-29-20(28)18(13-5-7-14(21)8-6-13)24(17(26)9-12(2)25)15-10-16(22)19(27)23(3)11-15/h5-8,10-11,18H,4,9H2,1-3H3. The molecule has 0 saturated heterocycles. The second-order valence-corrected chi connectivity index (χ2v) is 7.15. The van der Waals surface area contributed by atoms with Gasteiger partial charge < -0.3 is 9.30 Å². The van der Waals surface area contributed by atoms with Crippen LogP contribution in [0.1, 0.15) is 31.9 Å². The summed E-state index contributed by atoms with van der Waals surface area (Å²) in [4.78, 5) is 50.5. The molecule has 1 aromatic carbocycles. The van der Waals surface area contributed by atoms with Crippen LogP contribution in [0.15, 0.2) is 41.3 Å². The molecule has 2 rings (SSSR count). The molecule has 0 bridgehead atoms. The third-order valence-corrected chi connectivity index (χ3v) is 4.55. The summed E-state index contributed by atoms with van der Waals surface area (Å²) in [6.45, 7) is 3.00. The van der Waals surface area contributed by atoms with Crippen LogP contribution in [0.25, 0.3) is 0 Å². The molecule has 0 saturated carbocycles. The Bertz CT molecular complexity index is 959. The van der Waals surface area contributed by atoms with E-state index in [1.807, 2.05) is 0 Å². The van der Waals surface area contributed by atoms with Gasteiger partial charge >= 0.3 is 5.97 Å². The Hall–Kier alpha value is -2.64. The van der Waals surface area contributed by atoms with Crippen molar-refractivity contribution < 1.29 is 19.1 Å². The molecule has 29 heavy (non-hydrogen) atoms. The van der Waals surface area contributed by atoms with Crippen molar-refractivity contribution in [2.75, 3.05) is 11.5 Å². The lowest BCUT2D eigenvalue weighted by Gasteiger charge is -2.31. The van der Waals surface area contributed by atoms with Crippen molar-refractivity contribution in [3.8, 4) is 0 Å². The predicted octanol–water partition coefficient (Wildman–Crippen LogP) is 3.31. The van der Waals surface area contributed by atoms with Gasteiger partial charge in [0.2, 0.25) is 5.91 Å². The summed E-state index contributed by atoms with van der Waals surface area (Å²) in [5, 5.41) is 0.312. The largest absolute Gasteiger partial charge is 0.464 e. The highest BCUT2D eigenvalue weighted by atomic mass is 35.5. The summed E-state index contributed by atoms with van der Waals surface area (Å²) in [5.74, 6) is -1.72. The number of halogens is 2. The fourth-order valence-corrected chi connectivity index (χ4v) is 3.15. The van der Waals surface area contributed by atoms with Gasteiger partial charge in [-0.2, -0.15) is 0 Å². The van der Waals surface area contributed by atoms with E-state index in [0.717, 1.165) is 4.90 Å². The molecule has 1 atom stereocenters. The molecular weight excluding hydrogens is 419 g/mol. The fourth-order valence-electron chi connectivity index (χ4n) is 2.78. The SMILES string of the molecule is CCOC(=O)C(c1ccc(Cl)cc1)N(C(=O)CC(C)=O)c1cc(Cl)c(=O)n(C)c1. The summed E-state index contributed by atoms with van der Waals surface area (Å²) < 4.78 is 6.37. The van der Waals surface area contributed by atoms with Crippen molar-refractivity contribution in [2.24, 2.45) is 7.05 Å². The van der Waals surface area contributed by atoms with E-state index >= 15 is 0 Å². The maximum absolute atomic E-state index is 13.0. The van der Waals surface area contributed by atoms with Gasteiger partial charge in [0, 0.05) is 18.3 Å². The van der Waals surface area contributed by atoms with Crippen molar-refractivity contribution in [2.45, 2.75) is 26.3 Å². The number of rotatable bonds is 7. The van der Waals surface area contributed by atoms with Crippen LogP contribution in [0.4, 0.5) is 5.69 Å². The Morgan fingerprint density at radius 1 is 1.17 bits per heavy atom. The minimum atomic E-state index is -1.20. The molecule has 1 aromatic heterocycles. The van der Waals surface area contributed by atoms with Gasteiger partial charge in [0.15, 0.2) is 6.04 Å². The number of aromatic nitrogens is 1. The maximum atomic E-state index is 13.0. The van der Waals surface area contributed by atoms with Crippen molar-refractivity contribution in [1.82, 2.24) is 4.57 Å². The van der Waals surface area contributed by atoms with E-state index in [1.165, 1.54) is 30.8 Å². The number of benzene rings is 1. The minimum absolute atomic E-state index is 0.0890. The Labute approximate surface area is 177 Å². The molecule has 0 spiro atoms. The summed E-state index contributed by atoms with van der Waals surface area (Å²) in [6, 6.07) is 6.40. The molecular formula is C20H20Cl2N2O5. The normalized spacial score (nSPS) is 11.6. The van der Waals surface area contributed by atoms with Crippen molar-refractivity contribution in [3.05, 3.63) is 62.5 Å². The molecule has 2 aromatic rings. The molecule has 0 aliphatic carbocycles. The number of carbonyl (C=O) groups is 3. The molecule has 0 aliphatic rings. The van der Waals surface area contributed by atoms with Gasteiger partial charge in [-0.25, -0.2) is 4.79 Å². The average molecular weight is 439 g/mol. The number of pyridine rings is 1. The smallest absolute Gasteiger partial charge is 0.333 e. The second kappa shape index (κ2) is 9.71. The van der Waals surface area contributed by atoms with E-state index in [4.69, 9.17) is 27.9 Å². The van der Waals surface area contributed by atoms with Crippen molar-refractivity contribution >= 4 is 46.5 Å². The summed E-state index contributed by atoms with van der Waals surface area (Å²) >= 11 is 12.0. The number of carbonyl (C=O) groups excluding carboxylic acids is 3. The van der Waals surface area contributed by atoms with Gasteiger partial charge in [-0.05, 0) is 37.6 Å². The molecule has 1 heterocycles. The number of aryl methyl sites for hydroxylation is 1.